The summed E-state index contributed by atoms with van der Waals surface area (Å²) in [5.41, 5.74) is 0.738. The highest BCUT2D eigenvalue weighted by Gasteiger charge is 2.44. The number of H-pyrrole nitrogens is 1. The molecule has 1 saturated heterocycles. The minimum Gasteiger partial charge on any atom is -0.453 e. The van der Waals surface area contributed by atoms with Gasteiger partial charge in [0.1, 0.15) is 17.0 Å². The van der Waals surface area contributed by atoms with Crippen LogP contribution in [0.25, 0.3) is 11.0 Å². The third-order valence-electron chi connectivity index (χ3n) is 9.33. The predicted octanol–water partition coefficient (Wildman–Crippen LogP) is 5.62. The smallest absolute Gasteiger partial charge is 0.418 e. The third kappa shape index (κ3) is 6.36. The Hall–Kier alpha value is -4.27. The van der Waals surface area contributed by atoms with Gasteiger partial charge in [0.25, 0.3) is 0 Å². The second-order valence-corrected chi connectivity index (χ2v) is 12.9. The first kappa shape index (κ1) is 31.3. The topological polar surface area (TPSA) is 110 Å². The Kier molecular flexibility index (Phi) is 7.84. The monoisotopic (exact) mass is 653 g/mol. The molecule has 0 spiro atoms. The molecule has 3 N–H and O–H groups in total. The fourth-order valence-electron chi connectivity index (χ4n) is 6.28. The molecule has 2 aliphatic heterocycles. The van der Waals surface area contributed by atoms with E-state index in [9.17, 15) is 27.5 Å². The maximum Gasteiger partial charge on any atom is 0.418 e. The van der Waals surface area contributed by atoms with Crippen LogP contribution in [-0.2, 0) is 31.3 Å². The number of piperazine rings is 1. The number of carbonyl (C=O) groups is 1. The molecule has 5 heterocycles. The molecular weight excluding hydrogens is 618 g/mol. The average Bonchev–Trinajstić information content (AvgIpc) is 3.62. The Balaban J connectivity index is 1.08. The molecule has 0 bridgehead atoms. The minimum absolute atomic E-state index is 0.0375. The van der Waals surface area contributed by atoms with E-state index in [-0.39, 0.29) is 36.3 Å². The van der Waals surface area contributed by atoms with Crippen molar-refractivity contribution in [3.8, 4) is 11.5 Å². The van der Waals surface area contributed by atoms with Gasteiger partial charge >= 0.3 is 12.2 Å². The highest BCUT2D eigenvalue weighted by Crippen LogP contribution is 2.46. The van der Waals surface area contributed by atoms with E-state index in [1.54, 1.807) is 18.2 Å². The van der Waals surface area contributed by atoms with Crippen molar-refractivity contribution in [2.75, 3.05) is 38.5 Å². The van der Waals surface area contributed by atoms with Gasteiger partial charge in [-0.25, -0.2) is 14.2 Å². The molecule has 0 radical (unpaired) electrons. The lowest BCUT2D eigenvalue weighted by Gasteiger charge is -2.35. The van der Waals surface area contributed by atoms with Crippen molar-refractivity contribution >= 4 is 22.8 Å². The molecule has 4 aromatic rings. The summed E-state index contributed by atoms with van der Waals surface area (Å²) >= 11 is 0. The average molecular weight is 654 g/mol. The minimum atomic E-state index is -4.64. The van der Waals surface area contributed by atoms with Gasteiger partial charge in [-0.2, -0.15) is 13.2 Å². The summed E-state index contributed by atoms with van der Waals surface area (Å²) in [5, 5.41) is 13.5. The van der Waals surface area contributed by atoms with E-state index in [1.165, 1.54) is 11.1 Å². The Labute approximate surface area is 268 Å². The van der Waals surface area contributed by atoms with Crippen molar-refractivity contribution in [1.82, 2.24) is 29.7 Å². The fourth-order valence-corrected chi connectivity index (χ4v) is 6.28. The number of urea groups is 1. The number of halogens is 4. The van der Waals surface area contributed by atoms with Gasteiger partial charge < -0.3 is 29.9 Å². The van der Waals surface area contributed by atoms with E-state index in [0.717, 1.165) is 36.5 Å². The van der Waals surface area contributed by atoms with Crippen LogP contribution >= 0.6 is 0 Å². The number of carbonyl (C=O) groups excluding carboxylic acids is 1. The van der Waals surface area contributed by atoms with Gasteiger partial charge in [0.05, 0.1) is 34.7 Å². The molecule has 1 saturated carbocycles. The zero-order chi connectivity index (χ0) is 33.1. The highest BCUT2D eigenvalue weighted by atomic mass is 19.4. The molecule has 2 amide bonds. The number of fused-ring (bicyclic) bond motifs is 2. The van der Waals surface area contributed by atoms with E-state index in [1.807, 2.05) is 24.9 Å². The number of hydrogen-bond acceptors (Lipinski definition) is 7. The molecule has 3 aliphatic rings. The molecule has 1 aliphatic carbocycles. The van der Waals surface area contributed by atoms with Crippen LogP contribution < -0.4 is 10.1 Å². The molecule has 0 unspecified atom stereocenters. The summed E-state index contributed by atoms with van der Waals surface area (Å²) in [4.78, 5) is 30.3. The molecule has 3 aromatic heterocycles. The van der Waals surface area contributed by atoms with Gasteiger partial charge in [0.2, 0.25) is 0 Å². The van der Waals surface area contributed by atoms with E-state index in [2.05, 4.69) is 25.2 Å². The lowest BCUT2D eigenvalue weighted by Crippen LogP contribution is -2.45. The largest absolute Gasteiger partial charge is 0.453 e. The number of aromatic nitrogens is 3. The van der Waals surface area contributed by atoms with Crippen molar-refractivity contribution < 1.29 is 32.2 Å². The molecular formula is C33H35F4N7O3. The van der Waals surface area contributed by atoms with Gasteiger partial charge in [-0.1, -0.05) is 6.07 Å². The van der Waals surface area contributed by atoms with Gasteiger partial charge in [-0.15, -0.1) is 0 Å². The van der Waals surface area contributed by atoms with Crippen molar-refractivity contribution in [2.45, 2.75) is 57.1 Å². The van der Waals surface area contributed by atoms with Crippen molar-refractivity contribution in [2.24, 2.45) is 0 Å². The SMILES string of the molecule is C[C@@H]1Cc2ccc(Oc3c(F)cnc4[nH]c(C5(O)CC5)cc34)cc2CN1C(=O)Nc1cnc(CN2CCN(C)CC2)c(C(F)(F)F)c1. The number of amides is 2. The van der Waals surface area contributed by atoms with Crippen LogP contribution in [0.3, 0.4) is 0 Å². The molecule has 248 valence electrons. The predicted molar refractivity (Wildman–Crippen MR) is 165 cm³/mol. The summed E-state index contributed by atoms with van der Waals surface area (Å²) in [6.07, 6.45) is -0.595. The number of likely N-dealkylation sites (N-methyl/N-ethyl adjacent to an activating group) is 1. The summed E-state index contributed by atoms with van der Waals surface area (Å²) in [5.74, 6) is -0.364. The van der Waals surface area contributed by atoms with Crippen LogP contribution in [0.4, 0.5) is 28.0 Å². The van der Waals surface area contributed by atoms with E-state index >= 15 is 0 Å². The molecule has 14 heteroatoms. The molecule has 47 heavy (non-hydrogen) atoms. The fraction of sp³-hybridized carbons (Fsp3) is 0.424. The number of rotatable bonds is 6. The number of benzene rings is 1. The summed E-state index contributed by atoms with van der Waals surface area (Å²) in [6, 6.07) is 7.11. The maximum absolute atomic E-state index is 14.9. The van der Waals surface area contributed by atoms with Crippen LogP contribution in [0.5, 0.6) is 11.5 Å². The quantitative estimate of drug-likeness (QED) is 0.232. The van der Waals surface area contributed by atoms with Gasteiger partial charge in [0, 0.05) is 51.0 Å². The third-order valence-corrected chi connectivity index (χ3v) is 9.33. The highest BCUT2D eigenvalue weighted by molar-refractivity contribution is 5.89. The maximum atomic E-state index is 14.9. The molecule has 1 aromatic carbocycles. The summed E-state index contributed by atoms with van der Waals surface area (Å²) in [6.45, 7) is 4.93. The zero-order valence-electron chi connectivity index (χ0n) is 26.0. The Morgan fingerprint density at radius 3 is 2.60 bits per heavy atom. The first-order valence-corrected chi connectivity index (χ1v) is 15.6. The second-order valence-electron chi connectivity index (χ2n) is 12.9. The number of aliphatic hydroxyl groups is 1. The van der Waals surface area contributed by atoms with Gasteiger partial charge in [0.15, 0.2) is 11.6 Å². The van der Waals surface area contributed by atoms with E-state index in [4.69, 9.17) is 4.74 Å². The van der Waals surface area contributed by atoms with E-state index < -0.39 is 29.2 Å². The number of nitrogens with one attached hydrogen (secondary N) is 2. The molecule has 2 fully saturated rings. The van der Waals surface area contributed by atoms with Crippen molar-refractivity contribution in [3.63, 3.8) is 0 Å². The number of anilines is 1. The van der Waals surface area contributed by atoms with Crippen LogP contribution in [0.15, 0.2) is 42.7 Å². The van der Waals surface area contributed by atoms with Crippen molar-refractivity contribution in [1.29, 1.82) is 0 Å². The number of pyridine rings is 2. The Morgan fingerprint density at radius 1 is 1.11 bits per heavy atom. The lowest BCUT2D eigenvalue weighted by molar-refractivity contribution is -0.138. The summed E-state index contributed by atoms with van der Waals surface area (Å²) < 4.78 is 63.2. The van der Waals surface area contributed by atoms with Gasteiger partial charge in [-0.3, -0.25) is 9.88 Å². The number of aromatic amines is 1. The van der Waals surface area contributed by atoms with Crippen LogP contribution in [0.2, 0.25) is 0 Å². The Bertz CT molecular complexity index is 1830. The second kappa shape index (κ2) is 11.8. The van der Waals surface area contributed by atoms with Crippen molar-refractivity contribution in [3.05, 3.63) is 76.6 Å². The standard InChI is InChI=1S/C33H35F4N7O3/c1-19-11-20-3-4-23(47-29-24-14-28(32(46)5-6-32)41-30(24)39-16-26(29)34)12-21(20)17-44(19)31(45)40-22-13-25(33(35,36)37)27(38-15-22)18-43-9-7-42(2)8-10-43/h3-4,12-16,19,46H,5-11,17-18H2,1-2H3,(H,39,41)(H,40,45)/t19-/m1/s1. The number of nitrogens with zero attached hydrogens (tertiary/aromatic N) is 5. The summed E-state index contributed by atoms with van der Waals surface area (Å²) in [7, 11) is 1.98. The van der Waals surface area contributed by atoms with Crippen LogP contribution in [0, 0.1) is 5.82 Å². The number of hydrogen-bond donors (Lipinski definition) is 3. The van der Waals surface area contributed by atoms with Gasteiger partial charge in [-0.05, 0) is 68.6 Å². The first-order chi connectivity index (χ1) is 22.4. The lowest BCUT2D eigenvalue weighted by atomic mass is 9.95. The molecule has 10 nitrogen and oxygen atoms in total. The van der Waals surface area contributed by atoms with Crippen LogP contribution in [-0.4, -0.2) is 80.1 Å². The number of alkyl halides is 3. The van der Waals surface area contributed by atoms with E-state index in [0.29, 0.717) is 54.8 Å². The van der Waals surface area contributed by atoms with Crippen LogP contribution in [0.1, 0.15) is 47.8 Å². The Morgan fingerprint density at radius 2 is 1.87 bits per heavy atom. The zero-order valence-corrected chi connectivity index (χ0v) is 26.0. The molecule has 7 rings (SSSR count). The molecule has 1 atom stereocenters. The normalized spacial score (nSPS) is 19.9. The first-order valence-electron chi connectivity index (χ1n) is 15.6. The number of ether oxygens (including phenoxy) is 1.